The van der Waals surface area contributed by atoms with Crippen LogP contribution >= 0.6 is 11.6 Å². The van der Waals surface area contributed by atoms with Crippen molar-refractivity contribution in [3.8, 4) is 0 Å². The third-order valence-corrected chi connectivity index (χ3v) is 4.50. The molecule has 0 unspecified atom stereocenters. The quantitative estimate of drug-likeness (QED) is 0.812. The summed E-state index contributed by atoms with van der Waals surface area (Å²) >= 11 is 5.67. The van der Waals surface area contributed by atoms with Gasteiger partial charge in [-0.1, -0.05) is 29.3 Å². The number of amides is 4. The first-order valence-electron chi connectivity index (χ1n) is 8.24. The standard InChI is InChI=1S/C19H17ClFN3O3/c1-11-3-6-14(7-4-11)24-12(2)18(26)23(19(24)27)10-17(25)22-16-8-5-13(20)9-15(16)21/h3-9,12H,10H2,1-2H3,(H,22,25)/t12-/m1/s1. The van der Waals surface area contributed by atoms with E-state index in [1.165, 1.54) is 17.0 Å². The van der Waals surface area contributed by atoms with Gasteiger partial charge in [0.2, 0.25) is 5.91 Å². The lowest BCUT2D eigenvalue weighted by atomic mass is 10.2. The highest BCUT2D eigenvalue weighted by molar-refractivity contribution is 6.30. The number of aryl methyl sites for hydroxylation is 1. The van der Waals surface area contributed by atoms with E-state index in [2.05, 4.69) is 5.32 Å². The maximum Gasteiger partial charge on any atom is 0.332 e. The van der Waals surface area contributed by atoms with E-state index < -0.39 is 36.2 Å². The molecule has 0 spiro atoms. The van der Waals surface area contributed by atoms with E-state index in [1.807, 2.05) is 19.1 Å². The minimum absolute atomic E-state index is 0.0769. The molecule has 1 fully saturated rings. The first-order valence-corrected chi connectivity index (χ1v) is 8.62. The first-order chi connectivity index (χ1) is 12.8. The van der Waals surface area contributed by atoms with Gasteiger partial charge >= 0.3 is 6.03 Å². The predicted octanol–water partition coefficient (Wildman–Crippen LogP) is 3.58. The van der Waals surface area contributed by atoms with Crippen molar-refractivity contribution < 1.29 is 18.8 Å². The van der Waals surface area contributed by atoms with Crippen LogP contribution in [0, 0.1) is 12.7 Å². The average molecular weight is 390 g/mol. The molecule has 0 radical (unpaired) electrons. The van der Waals surface area contributed by atoms with Gasteiger partial charge in [-0.2, -0.15) is 0 Å². The van der Waals surface area contributed by atoms with E-state index in [0.29, 0.717) is 5.69 Å². The molecule has 1 atom stereocenters. The molecule has 1 heterocycles. The Morgan fingerprint density at radius 3 is 2.48 bits per heavy atom. The lowest BCUT2D eigenvalue weighted by Gasteiger charge is -2.19. The second-order valence-electron chi connectivity index (χ2n) is 6.26. The number of imide groups is 1. The number of rotatable bonds is 4. The summed E-state index contributed by atoms with van der Waals surface area (Å²) in [4.78, 5) is 39.5. The Morgan fingerprint density at radius 1 is 1.19 bits per heavy atom. The lowest BCUT2D eigenvalue weighted by Crippen LogP contribution is -2.39. The molecular formula is C19H17ClFN3O3. The Bertz CT molecular complexity index is 917. The molecule has 0 aromatic heterocycles. The van der Waals surface area contributed by atoms with Gasteiger partial charge in [0.1, 0.15) is 18.4 Å². The van der Waals surface area contributed by atoms with E-state index in [-0.39, 0.29) is 10.7 Å². The highest BCUT2D eigenvalue weighted by atomic mass is 35.5. The zero-order valence-electron chi connectivity index (χ0n) is 14.7. The Labute approximate surface area is 160 Å². The Morgan fingerprint density at radius 2 is 1.85 bits per heavy atom. The van der Waals surface area contributed by atoms with Crippen molar-refractivity contribution in [2.24, 2.45) is 0 Å². The van der Waals surface area contributed by atoms with Crippen LogP contribution in [0.4, 0.5) is 20.6 Å². The summed E-state index contributed by atoms with van der Waals surface area (Å²) in [5, 5.41) is 2.54. The van der Waals surface area contributed by atoms with Crippen LogP contribution in [-0.4, -0.2) is 35.3 Å². The smallest absolute Gasteiger partial charge is 0.322 e. The fourth-order valence-electron chi connectivity index (χ4n) is 2.84. The summed E-state index contributed by atoms with van der Waals surface area (Å²) < 4.78 is 13.8. The van der Waals surface area contributed by atoms with Gasteiger partial charge in [-0.15, -0.1) is 0 Å². The monoisotopic (exact) mass is 389 g/mol. The number of hydrogen-bond acceptors (Lipinski definition) is 3. The van der Waals surface area contributed by atoms with Crippen molar-refractivity contribution in [2.75, 3.05) is 16.8 Å². The second kappa shape index (κ2) is 7.36. The summed E-state index contributed by atoms with van der Waals surface area (Å²) in [6, 6.07) is 9.61. The molecule has 27 heavy (non-hydrogen) atoms. The molecule has 0 saturated carbocycles. The SMILES string of the molecule is Cc1ccc(N2C(=O)N(CC(=O)Nc3ccc(Cl)cc3F)C(=O)[C@H]2C)cc1. The molecule has 2 aromatic rings. The van der Waals surface area contributed by atoms with Crippen LogP contribution in [-0.2, 0) is 9.59 Å². The molecule has 6 nitrogen and oxygen atoms in total. The van der Waals surface area contributed by atoms with Crippen LogP contribution in [0.15, 0.2) is 42.5 Å². The van der Waals surface area contributed by atoms with Crippen LogP contribution in [0.2, 0.25) is 5.02 Å². The van der Waals surface area contributed by atoms with Gasteiger partial charge in [-0.3, -0.25) is 19.4 Å². The molecule has 2 aromatic carbocycles. The molecule has 1 saturated heterocycles. The van der Waals surface area contributed by atoms with Crippen molar-refractivity contribution in [2.45, 2.75) is 19.9 Å². The summed E-state index contributed by atoms with van der Waals surface area (Å²) in [6.45, 7) is 3.00. The number of anilines is 2. The average Bonchev–Trinajstić information content (AvgIpc) is 2.82. The molecule has 0 bridgehead atoms. The molecule has 140 valence electrons. The van der Waals surface area contributed by atoms with Crippen LogP contribution in [0.5, 0.6) is 0 Å². The van der Waals surface area contributed by atoms with Crippen molar-refractivity contribution in [3.05, 3.63) is 58.9 Å². The molecule has 1 aliphatic rings. The van der Waals surface area contributed by atoms with E-state index in [4.69, 9.17) is 11.6 Å². The minimum atomic E-state index is -0.736. The normalized spacial score (nSPS) is 16.8. The highest BCUT2D eigenvalue weighted by Crippen LogP contribution is 2.26. The number of halogens is 2. The fraction of sp³-hybridized carbons (Fsp3) is 0.211. The van der Waals surface area contributed by atoms with Crippen LogP contribution in [0.3, 0.4) is 0 Å². The Kier molecular flexibility index (Phi) is 5.14. The molecule has 3 rings (SSSR count). The Hall–Kier alpha value is -2.93. The van der Waals surface area contributed by atoms with E-state index in [1.54, 1.807) is 19.1 Å². The largest absolute Gasteiger partial charge is 0.332 e. The number of urea groups is 1. The van der Waals surface area contributed by atoms with E-state index >= 15 is 0 Å². The number of carbonyl (C=O) groups is 3. The summed E-state index contributed by atoms with van der Waals surface area (Å²) in [6.07, 6.45) is 0. The third kappa shape index (κ3) is 3.78. The van der Waals surface area contributed by atoms with Crippen molar-refractivity contribution >= 4 is 40.8 Å². The lowest BCUT2D eigenvalue weighted by molar-refractivity contribution is -0.130. The second-order valence-corrected chi connectivity index (χ2v) is 6.70. The zero-order chi connectivity index (χ0) is 19.7. The maximum atomic E-state index is 13.8. The summed E-state index contributed by atoms with van der Waals surface area (Å²) in [7, 11) is 0. The van der Waals surface area contributed by atoms with Gasteiger partial charge in [-0.05, 0) is 44.2 Å². The predicted molar refractivity (Wildman–Crippen MR) is 100 cm³/mol. The summed E-state index contributed by atoms with van der Waals surface area (Å²) in [5.74, 6) is -1.88. The number of hydrogen-bond donors (Lipinski definition) is 1. The Balaban J connectivity index is 1.74. The number of benzene rings is 2. The topological polar surface area (TPSA) is 69.7 Å². The molecule has 4 amide bonds. The minimum Gasteiger partial charge on any atom is -0.322 e. The maximum absolute atomic E-state index is 13.8. The fourth-order valence-corrected chi connectivity index (χ4v) is 2.99. The third-order valence-electron chi connectivity index (χ3n) is 4.27. The van der Waals surface area contributed by atoms with Gasteiger partial charge in [0.25, 0.3) is 5.91 Å². The molecule has 0 aliphatic carbocycles. The summed E-state index contributed by atoms with van der Waals surface area (Å²) in [5.41, 5.74) is 1.51. The van der Waals surface area contributed by atoms with Crippen LogP contribution in [0.1, 0.15) is 12.5 Å². The first kappa shape index (κ1) is 18.8. The molecule has 1 aliphatic heterocycles. The van der Waals surface area contributed by atoms with Gasteiger partial charge in [-0.25, -0.2) is 9.18 Å². The zero-order valence-corrected chi connectivity index (χ0v) is 15.5. The van der Waals surface area contributed by atoms with E-state index in [9.17, 15) is 18.8 Å². The van der Waals surface area contributed by atoms with E-state index in [0.717, 1.165) is 16.5 Å². The number of nitrogens with one attached hydrogen (secondary N) is 1. The molecule has 1 N–H and O–H groups in total. The number of nitrogens with zero attached hydrogens (tertiary/aromatic N) is 2. The molecular weight excluding hydrogens is 373 g/mol. The molecule has 8 heteroatoms. The van der Waals surface area contributed by atoms with Crippen LogP contribution in [0.25, 0.3) is 0 Å². The van der Waals surface area contributed by atoms with Crippen molar-refractivity contribution in [3.63, 3.8) is 0 Å². The number of carbonyl (C=O) groups excluding carboxylic acids is 3. The van der Waals surface area contributed by atoms with Crippen molar-refractivity contribution in [1.82, 2.24) is 4.90 Å². The van der Waals surface area contributed by atoms with Gasteiger partial charge < -0.3 is 5.32 Å². The van der Waals surface area contributed by atoms with Gasteiger partial charge in [0.15, 0.2) is 0 Å². The van der Waals surface area contributed by atoms with Gasteiger partial charge in [0, 0.05) is 10.7 Å². The van der Waals surface area contributed by atoms with Crippen molar-refractivity contribution in [1.29, 1.82) is 0 Å². The van der Waals surface area contributed by atoms with Crippen LogP contribution < -0.4 is 10.2 Å². The highest BCUT2D eigenvalue weighted by Gasteiger charge is 2.44. The van der Waals surface area contributed by atoms with Gasteiger partial charge in [0.05, 0.1) is 5.69 Å².